The second-order valence-electron chi connectivity index (χ2n) is 3.48. The molecule has 1 unspecified atom stereocenters. The molecule has 11 heavy (non-hydrogen) atoms. The Morgan fingerprint density at radius 1 is 1.45 bits per heavy atom. The molecule has 0 aliphatic heterocycles. The van der Waals surface area contributed by atoms with Gasteiger partial charge in [0.1, 0.15) is 0 Å². The highest BCUT2D eigenvalue weighted by Gasteiger charge is 2.22. The summed E-state index contributed by atoms with van der Waals surface area (Å²) in [6.07, 6.45) is 8.72. The fraction of sp³-hybridized carbons (Fsp3) is 0.800. The summed E-state index contributed by atoms with van der Waals surface area (Å²) in [6.45, 7) is 3.76. The molecule has 0 nitrogen and oxygen atoms in total. The van der Waals surface area contributed by atoms with Gasteiger partial charge in [-0.2, -0.15) is 0 Å². The van der Waals surface area contributed by atoms with Crippen molar-refractivity contribution < 1.29 is 0 Å². The predicted octanol–water partition coefficient (Wildman–Crippen LogP) is 3.61. The summed E-state index contributed by atoms with van der Waals surface area (Å²) in [7, 11) is 0. The Balaban J connectivity index is 2.33. The molecule has 1 saturated carbocycles. The van der Waals surface area contributed by atoms with E-state index in [-0.39, 0.29) is 0 Å². The number of hydrogen-bond donors (Lipinski definition) is 0. The highest BCUT2D eigenvalue weighted by Crippen LogP contribution is 2.33. The number of halogens is 1. The highest BCUT2D eigenvalue weighted by atomic mass is 35.5. The van der Waals surface area contributed by atoms with Crippen LogP contribution in [0.25, 0.3) is 0 Å². The van der Waals surface area contributed by atoms with Gasteiger partial charge in [0.25, 0.3) is 0 Å². The van der Waals surface area contributed by atoms with E-state index in [9.17, 15) is 0 Å². The molecular formula is C10H17Cl. The Morgan fingerprint density at radius 3 is 2.55 bits per heavy atom. The zero-order valence-electron chi connectivity index (χ0n) is 7.06. The molecule has 0 N–H and O–H groups in total. The van der Waals surface area contributed by atoms with Crippen molar-refractivity contribution in [3.8, 4) is 0 Å². The van der Waals surface area contributed by atoms with E-state index in [0.717, 1.165) is 18.2 Å². The first-order valence-corrected chi connectivity index (χ1v) is 5.08. The van der Waals surface area contributed by atoms with Crippen molar-refractivity contribution in [2.75, 3.05) is 5.88 Å². The Bertz CT molecular complexity index is 114. The number of hydrogen-bond acceptors (Lipinski definition) is 0. The van der Waals surface area contributed by atoms with Crippen LogP contribution in [0.4, 0.5) is 0 Å². The van der Waals surface area contributed by atoms with Gasteiger partial charge in [0.2, 0.25) is 0 Å². The summed E-state index contributed by atoms with van der Waals surface area (Å²) in [5.41, 5.74) is 0. The third-order valence-corrected chi connectivity index (χ3v) is 3.13. The first-order chi connectivity index (χ1) is 5.38. The molecule has 0 saturated heterocycles. The maximum atomic E-state index is 5.88. The second-order valence-corrected chi connectivity index (χ2v) is 3.79. The van der Waals surface area contributed by atoms with Crippen LogP contribution in [0.5, 0.6) is 0 Å². The summed E-state index contributed by atoms with van der Waals surface area (Å²) in [4.78, 5) is 0. The molecule has 1 aliphatic carbocycles. The van der Waals surface area contributed by atoms with Crippen LogP contribution >= 0.6 is 11.6 Å². The zero-order chi connectivity index (χ0) is 8.10. The molecule has 1 fully saturated rings. The average Bonchev–Trinajstić information content (AvgIpc) is 2.52. The Labute approximate surface area is 74.6 Å². The fourth-order valence-electron chi connectivity index (χ4n) is 2.02. The van der Waals surface area contributed by atoms with Gasteiger partial charge in [-0.1, -0.05) is 31.8 Å². The first-order valence-electron chi connectivity index (χ1n) is 4.55. The third kappa shape index (κ3) is 2.52. The smallest absolute Gasteiger partial charge is 0.0257 e. The minimum atomic E-state index is 0.705. The van der Waals surface area contributed by atoms with E-state index in [1.807, 2.05) is 6.08 Å². The predicted molar refractivity (Wildman–Crippen MR) is 51.0 cm³/mol. The molecule has 0 heterocycles. The monoisotopic (exact) mass is 172 g/mol. The van der Waals surface area contributed by atoms with E-state index in [1.165, 1.54) is 25.7 Å². The lowest BCUT2D eigenvalue weighted by Gasteiger charge is -2.18. The molecular weight excluding hydrogens is 156 g/mol. The topological polar surface area (TPSA) is 0 Å². The second kappa shape index (κ2) is 4.82. The molecule has 1 aliphatic rings. The number of alkyl halides is 1. The minimum absolute atomic E-state index is 0.705. The standard InChI is InChI=1S/C10H17Cl/c1-2-5-10(8-11)9-6-3-4-7-9/h2,9-10H,1,3-8H2. The van der Waals surface area contributed by atoms with Crippen molar-refractivity contribution in [2.45, 2.75) is 32.1 Å². The first kappa shape index (κ1) is 9.12. The zero-order valence-corrected chi connectivity index (χ0v) is 7.82. The van der Waals surface area contributed by atoms with Gasteiger partial charge in [-0.3, -0.25) is 0 Å². The van der Waals surface area contributed by atoms with E-state index < -0.39 is 0 Å². The number of allylic oxidation sites excluding steroid dienone is 1. The highest BCUT2D eigenvalue weighted by molar-refractivity contribution is 6.18. The van der Waals surface area contributed by atoms with Gasteiger partial charge < -0.3 is 0 Å². The lowest BCUT2D eigenvalue weighted by molar-refractivity contribution is 0.374. The Kier molecular flexibility index (Phi) is 3.99. The van der Waals surface area contributed by atoms with Crippen LogP contribution in [0.2, 0.25) is 0 Å². The van der Waals surface area contributed by atoms with Crippen molar-refractivity contribution in [3.63, 3.8) is 0 Å². The molecule has 0 bridgehead atoms. The van der Waals surface area contributed by atoms with Gasteiger partial charge in [0.15, 0.2) is 0 Å². The maximum absolute atomic E-state index is 5.88. The van der Waals surface area contributed by atoms with Gasteiger partial charge in [-0.05, 0) is 18.3 Å². The summed E-state index contributed by atoms with van der Waals surface area (Å²) < 4.78 is 0. The lowest BCUT2D eigenvalue weighted by Crippen LogP contribution is -2.12. The van der Waals surface area contributed by atoms with E-state index in [0.29, 0.717) is 5.92 Å². The average molecular weight is 173 g/mol. The molecule has 0 radical (unpaired) electrons. The van der Waals surface area contributed by atoms with Crippen molar-refractivity contribution in [2.24, 2.45) is 11.8 Å². The van der Waals surface area contributed by atoms with Crippen LogP contribution in [0, 0.1) is 11.8 Å². The molecule has 0 aromatic heterocycles. The Morgan fingerprint density at radius 2 is 2.09 bits per heavy atom. The van der Waals surface area contributed by atoms with E-state index in [1.54, 1.807) is 0 Å². The lowest BCUT2D eigenvalue weighted by atomic mass is 9.90. The fourth-order valence-corrected chi connectivity index (χ4v) is 2.40. The van der Waals surface area contributed by atoms with Crippen LogP contribution in [0.15, 0.2) is 12.7 Å². The quantitative estimate of drug-likeness (QED) is 0.449. The normalized spacial score (nSPS) is 21.9. The molecule has 0 amide bonds. The summed E-state index contributed by atoms with van der Waals surface area (Å²) in [5, 5.41) is 0. The van der Waals surface area contributed by atoms with Crippen molar-refractivity contribution >= 4 is 11.6 Å². The van der Waals surface area contributed by atoms with Crippen LogP contribution in [-0.4, -0.2) is 5.88 Å². The summed E-state index contributed by atoms with van der Waals surface area (Å²) in [5.74, 6) is 2.42. The van der Waals surface area contributed by atoms with E-state index in [4.69, 9.17) is 11.6 Å². The van der Waals surface area contributed by atoms with Gasteiger partial charge in [-0.15, -0.1) is 18.2 Å². The van der Waals surface area contributed by atoms with Crippen LogP contribution in [0.1, 0.15) is 32.1 Å². The molecule has 1 heteroatoms. The van der Waals surface area contributed by atoms with Gasteiger partial charge in [0, 0.05) is 5.88 Å². The van der Waals surface area contributed by atoms with Crippen LogP contribution < -0.4 is 0 Å². The van der Waals surface area contributed by atoms with Gasteiger partial charge in [0.05, 0.1) is 0 Å². The molecule has 0 spiro atoms. The van der Waals surface area contributed by atoms with Crippen molar-refractivity contribution in [1.29, 1.82) is 0 Å². The van der Waals surface area contributed by atoms with Gasteiger partial charge >= 0.3 is 0 Å². The van der Waals surface area contributed by atoms with Crippen LogP contribution in [-0.2, 0) is 0 Å². The maximum Gasteiger partial charge on any atom is 0.0257 e. The molecule has 0 aromatic carbocycles. The SMILES string of the molecule is C=CCC(CCl)C1CCCC1. The third-order valence-electron chi connectivity index (χ3n) is 2.73. The van der Waals surface area contributed by atoms with E-state index >= 15 is 0 Å². The Hall–Kier alpha value is 0.0300. The molecule has 64 valence electrons. The molecule has 0 aromatic rings. The van der Waals surface area contributed by atoms with Crippen molar-refractivity contribution in [3.05, 3.63) is 12.7 Å². The summed E-state index contributed by atoms with van der Waals surface area (Å²) >= 11 is 5.88. The van der Waals surface area contributed by atoms with Crippen molar-refractivity contribution in [1.82, 2.24) is 0 Å². The number of rotatable bonds is 4. The van der Waals surface area contributed by atoms with Gasteiger partial charge in [-0.25, -0.2) is 0 Å². The van der Waals surface area contributed by atoms with Crippen LogP contribution in [0.3, 0.4) is 0 Å². The largest absolute Gasteiger partial charge is 0.126 e. The molecule has 1 atom stereocenters. The summed E-state index contributed by atoms with van der Waals surface area (Å²) in [6, 6.07) is 0. The molecule has 1 rings (SSSR count). The minimum Gasteiger partial charge on any atom is -0.126 e. The van der Waals surface area contributed by atoms with E-state index in [2.05, 4.69) is 6.58 Å².